The molecule has 1 unspecified atom stereocenters. The lowest BCUT2D eigenvalue weighted by atomic mass is 10.1. The Bertz CT molecular complexity index is 986. The van der Waals surface area contributed by atoms with Gasteiger partial charge in [0.2, 0.25) is 6.23 Å². The first-order chi connectivity index (χ1) is 14.9. The number of rotatable bonds is 11. The Balaban J connectivity index is 1.72. The molecule has 0 aliphatic heterocycles. The molecule has 0 amide bonds. The maximum atomic E-state index is 11.1. The van der Waals surface area contributed by atoms with Crippen LogP contribution in [0.2, 0.25) is 15.1 Å². The molecule has 1 radical (unpaired) electrons. The van der Waals surface area contributed by atoms with Gasteiger partial charge >= 0.3 is 0 Å². The minimum Gasteiger partial charge on any atom is -0.494 e. The van der Waals surface area contributed by atoms with Crippen LogP contribution in [0.15, 0.2) is 61.2 Å². The third-order valence-electron chi connectivity index (χ3n) is 4.03. The van der Waals surface area contributed by atoms with Gasteiger partial charge in [-0.15, -0.1) is 10.1 Å². The standard InChI is InChI=1S/C20H17Cl3N3O5/c21-14-2-5-16(6-3-14)29-10-1-11-30-19(17-7-4-15(22)12-18(17)23)20(31-26(27)28)25-9-8-24-13-25/h2-9,12-13,20H,1,10-11H2. The lowest BCUT2D eigenvalue weighted by molar-refractivity contribution is -0.775. The van der Waals surface area contributed by atoms with E-state index >= 15 is 0 Å². The molecule has 3 aromatic rings. The van der Waals surface area contributed by atoms with Crippen molar-refractivity contribution < 1.29 is 19.4 Å². The van der Waals surface area contributed by atoms with Crippen molar-refractivity contribution in [3.63, 3.8) is 0 Å². The van der Waals surface area contributed by atoms with Gasteiger partial charge in [0.15, 0.2) is 6.10 Å². The first-order valence-electron chi connectivity index (χ1n) is 9.06. The number of benzene rings is 2. The minimum atomic E-state index is -1.23. The highest BCUT2D eigenvalue weighted by atomic mass is 35.5. The Labute approximate surface area is 193 Å². The van der Waals surface area contributed by atoms with Gasteiger partial charge in [0.25, 0.3) is 5.09 Å². The molecular weight excluding hydrogens is 469 g/mol. The molecule has 0 fully saturated rings. The SMILES string of the molecule is O=[N+]([O-])OC([C](OCCCOc1ccc(Cl)cc1)c1ccc(Cl)cc1Cl)n1ccnc1. The lowest BCUT2D eigenvalue weighted by Crippen LogP contribution is -2.26. The molecule has 1 aromatic heterocycles. The lowest BCUT2D eigenvalue weighted by Gasteiger charge is -2.26. The van der Waals surface area contributed by atoms with E-state index in [2.05, 4.69) is 4.98 Å². The molecule has 0 spiro atoms. The van der Waals surface area contributed by atoms with Gasteiger partial charge in [0, 0.05) is 39.4 Å². The summed E-state index contributed by atoms with van der Waals surface area (Å²) in [4.78, 5) is 19.9. The van der Waals surface area contributed by atoms with Crippen molar-refractivity contribution in [2.24, 2.45) is 0 Å². The summed E-state index contributed by atoms with van der Waals surface area (Å²) in [6.45, 7) is 0.545. The Hall–Kier alpha value is -2.52. The van der Waals surface area contributed by atoms with Crippen LogP contribution in [-0.2, 0) is 9.57 Å². The second kappa shape index (κ2) is 11.2. The van der Waals surface area contributed by atoms with E-state index in [9.17, 15) is 10.1 Å². The molecule has 3 rings (SSSR count). The van der Waals surface area contributed by atoms with Crippen LogP contribution in [0.4, 0.5) is 0 Å². The van der Waals surface area contributed by atoms with Crippen LogP contribution in [0.5, 0.6) is 5.75 Å². The van der Waals surface area contributed by atoms with Crippen molar-refractivity contribution in [2.45, 2.75) is 12.6 Å². The molecule has 0 N–H and O–H groups in total. The second-order valence-electron chi connectivity index (χ2n) is 6.18. The fraction of sp³-hybridized carbons (Fsp3) is 0.200. The average Bonchev–Trinajstić information content (AvgIpc) is 3.26. The Kier molecular flexibility index (Phi) is 8.36. The highest BCUT2D eigenvalue weighted by molar-refractivity contribution is 6.35. The van der Waals surface area contributed by atoms with Gasteiger partial charge in [-0.25, -0.2) is 4.98 Å². The summed E-state index contributed by atoms with van der Waals surface area (Å²) in [6, 6.07) is 11.7. The first kappa shape index (κ1) is 23.1. The van der Waals surface area contributed by atoms with Crippen molar-refractivity contribution in [3.8, 4) is 5.75 Å². The van der Waals surface area contributed by atoms with E-state index in [-0.39, 0.29) is 17.7 Å². The molecule has 31 heavy (non-hydrogen) atoms. The van der Waals surface area contributed by atoms with E-state index in [1.165, 1.54) is 29.4 Å². The predicted molar refractivity (Wildman–Crippen MR) is 116 cm³/mol. The van der Waals surface area contributed by atoms with Gasteiger partial charge < -0.3 is 14.0 Å². The van der Waals surface area contributed by atoms with Crippen molar-refractivity contribution in [1.82, 2.24) is 9.55 Å². The summed E-state index contributed by atoms with van der Waals surface area (Å²) in [5.74, 6) is 0.669. The fourth-order valence-corrected chi connectivity index (χ4v) is 3.29. The molecule has 8 nitrogen and oxygen atoms in total. The van der Waals surface area contributed by atoms with Crippen LogP contribution in [0.3, 0.4) is 0 Å². The number of nitrogens with zero attached hydrogens (tertiary/aromatic N) is 3. The number of aromatic nitrogens is 2. The summed E-state index contributed by atoms with van der Waals surface area (Å²) in [5.41, 5.74) is 0.408. The van der Waals surface area contributed by atoms with E-state index in [1.807, 2.05) is 0 Å². The molecule has 0 bridgehead atoms. The average molecular weight is 486 g/mol. The molecule has 0 saturated heterocycles. The zero-order chi connectivity index (χ0) is 22.2. The normalized spacial score (nSPS) is 12.0. The van der Waals surface area contributed by atoms with E-state index in [0.29, 0.717) is 34.4 Å². The number of halogens is 3. The molecule has 163 valence electrons. The minimum absolute atomic E-state index is 0.142. The maximum absolute atomic E-state index is 11.1. The third kappa shape index (κ3) is 6.73. The smallest absolute Gasteiger partial charge is 0.296 e. The molecule has 0 aliphatic rings. The van der Waals surface area contributed by atoms with Gasteiger partial charge in [-0.2, -0.15) is 0 Å². The Morgan fingerprint density at radius 2 is 1.84 bits per heavy atom. The Morgan fingerprint density at radius 3 is 2.48 bits per heavy atom. The van der Waals surface area contributed by atoms with Gasteiger partial charge in [0.1, 0.15) is 5.75 Å². The van der Waals surface area contributed by atoms with Crippen LogP contribution >= 0.6 is 34.8 Å². The zero-order valence-corrected chi connectivity index (χ0v) is 18.3. The van der Waals surface area contributed by atoms with Gasteiger partial charge in [-0.3, -0.25) is 4.84 Å². The summed E-state index contributed by atoms with van der Waals surface area (Å²) < 4.78 is 12.9. The fourth-order valence-electron chi connectivity index (χ4n) is 2.66. The number of imidazole rings is 1. The highest BCUT2D eigenvalue weighted by Crippen LogP contribution is 2.35. The Morgan fingerprint density at radius 1 is 1.10 bits per heavy atom. The van der Waals surface area contributed by atoms with Crippen LogP contribution in [0, 0.1) is 16.2 Å². The molecule has 0 aliphatic carbocycles. The molecular formula is C20H17Cl3N3O5. The van der Waals surface area contributed by atoms with Crippen molar-refractivity contribution >= 4 is 34.8 Å². The summed E-state index contributed by atoms with van der Waals surface area (Å²) in [7, 11) is 0. The van der Waals surface area contributed by atoms with E-state index in [1.54, 1.807) is 36.4 Å². The van der Waals surface area contributed by atoms with Crippen LogP contribution < -0.4 is 4.74 Å². The quantitative estimate of drug-likeness (QED) is 0.199. The molecule has 0 saturated carbocycles. The van der Waals surface area contributed by atoms with Gasteiger partial charge in [0.05, 0.1) is 19.5 Å². The monoisotopic (exact) mass is 484 g/mol. The number of hydrogen-bond donors (Lipinski definition) is 0. The van der Waals surface area contributed by atoms with Crippen molar-refractivity contribution in [2.75, 3.05) is 13.2 Å². The second-order valence-corrected chi connectivity index (χ2v) is 7.46. The molecule has 1 atom stereocenters. The number of ether oxygens (including phenoxy) is 2. The molecule has 1 heterocycles. The first-order valence-corrected chi connectivity index (χ1v) is 10.2. The van der Waals surface area contributed by atoms with Crippen LogP contribution in [0.1, 0.15) is 18.2 Å². The topological polar surface area (TPSA) is 88.7 Å². The van der Waals surface area contributed by atoms with Crippen molar-refractivity contribution in [3.05, 3.63) is 98.0 Å². The van der Waals surface area contributed by atoms with E-state index < -0.39 is 11.3 Å². The predicted octanol–water partition coefficient (Wildman–Crippen LogP) is 5.62. The summed E-state index contributed by atoms with van der Waals surface area (Å²) in [5, 5.41) is 11.5. The summed E-state index contributed by atoms with van der Waals surface area (Å²) in [6.07, 6.45) is 3.77. The highest BCUT2D eigenvalue weighted by Gasteiger charge is 2.32. The largest absolute Gasteiger partial charge is 0.494 e. The zero-order valence-electron chi connectivity index (χ0n) is 16.0. The summed E-state index contributed by atoms with van der Waals surface area (Å²) >= 11 is 18.2. The van der Waals surface area contributed by atoms with E-state index in [4.69, 9.17) is 49.1 Å². The van der Waals surface area contributed by atoms with Gasteiger partial charge in [-0.1, -0.05) is 40.9 Å². The maximum Gasteiger partial charge on any atom is 0.296 e. The van der Waals surface area contributed by atoms with Crippen LogP contribution in [-0.4, -0.2) is 27.9 Å². The third-order valence-corrected chi connectivity index (χ3v) is 4.83. The number of hydrogen-bond acceptors (Lipinski definition) is 6. The van der Waals surface area contributed by atoms with Crippen LogP contribution in [0.25, 0.3) is 0 Å². The van der Waals surface area contributed by atoms with Crippen molar-refractivity contribution in [1.29, 1.82) is 0 Å². The van der Waals surface area contributed by atoms with E-state index in [0.717, 1.165) is 0 Å². The molecule has 11 heteroatoms. The molecule has 2 aromatic carbocycles. The van der Waals surface area contributed by atoms with Gasteiger partial charge in [-0.05, 0) is 36.4 Å².